The molecule has 2 aliphatic heterocycles. The summed E-state index contributed by atoms with van der Waals surface area (Å²) in [6.07, 6.45) is 1.87. The Bertz CT molecular complexity index is 181. The topological polar surface area (TPSA) is 12.5 Å². The summed E-state index contributed by atoms with van der Waals surface area (Å²) in [6.45, 7) is 11.3. The van der Waals surface area contributed by atoms with E-state index in [1.165, 1.54) is 19.5 Å². The van der Waals surface area contributed by atoms with Crippen LogP contribution in [0.2, 0.25) is 0 Å². The van der Waals surface area contributed by atoms with Crippen LogP contribution in [-0.2, 0) is 4.74 Å². The molecule has 0 aromatic rings. The molecule has 14 heavy (non-hydrogen) atoms. The van der Waals surface area contributed by atoms with Gasteiger partial charge >= 0.3 is 0 Å². The summed E-state index contributed by atoms with van der Waals surface area (Å²) >= 11 is 0. The zero-order valence-electron chi connectivity index (χ0n) is 9.70. The zero-order chi connectivity index (χ0) is 10.1. The van der Waals surface area contributed by atoms with Gasteiger partial charge in [0.15, 0.2) is 0 Å². The Kier molecular flexibility index (Phi) is 3.13. The third-order valence-electron chi connectivity index (χ3n) is 3.94. The summed E-state index contributed by atoms with van der Waals surface area (Å²) in [6, 6.07) is 0. The minimum atomic E-state index is 0.383. The summed E-state index contributed by atoms with van der Waals surface area (Å²) < 4.78 is 5.58. The minimum Gasteiger partial charge on any atom is -0.377 e. The van der Waals surface area contributed by atoms with Crippen molar-refractivity contribution >= 4 is 0 Å². The van der Waals surface area contributed by atoms with Gasteiger partial charge in [0, 0.05) is 19.6 Å². The molecule has 3 fully saturated rings. The average molecular weight is 197 g/mol. The predicted octanol–water partition coefficient (Wildman–Crippen LogP) is 2.00. The second-order valence-electron chi connectivity index (χ2n) is 5.29. The molecular weight excluding hydrogens is 174 g/mol. The van der Waals surface area contributed by atoms with Crippen LogP contribution in [0.25, 0.3) is 0 Å². The molecule has 2 atom stereocenters. The van der Waals surface area contributed by atoms with Crippen LogP contribution in [0.4, 0.5) is 0 Å². The van der Waals surface area contributed by atoms with Crippen molar-refractivity contribution in [2.75, 3.05) is 26.2 Å². The molecular formula is C12H23NO. The smallest absolute Gasteiger partial charge is 0.0596 e. The SMILES string of the molecule is CC(C)OCCN1CC2CC(C1)C2C. The van der Waals surface area contributed by atoms with Gasteiger partial charge in [-0.05, 0) is 38.0 Å². The molecule has 0 amide bonds. The van der Waals surface area contributed by atoms with E-state index in [1.807, 2.05) is 0 Å². The second-order valence-corrected chi connectivity index (χ2v) is 5.29. The van der Waals surface area contributed by atoms with E-state index in [0.29, 0.717) is 6.10 Å². The standard InChI is InChI=1S/C12H23NO/c1-9(2)14-5-4-13-7-11-6-12(8-13)10(11)3/h9-12H,4-8H2,1-3H3. The summed E-state index contributed by atoms with van der Waals surface area (Å²) in [5, 5.41) is 0. The first-order valence-electron chi connectivity index (χ1n) is 6.00. The van der Waals surface area contributed by atoms with Crippen LogP contribution in [0.1, 0.15) is 27.2 Å². The first kappa shape index (κ1) is 10.4. The van der Waals surface area contributed by atoms with Crippen LogP contribution in [0, 0.1) is 17.8 Å². The molecule has 2 heterocycles. The number of fused-ring (bicyclic) bond motifs is 2. The van der Waals surface area contributed by atoms with Gasteiger partial charge in [0.25, 0.3) is 0 Å². The van der Waals surface area contributed by atoms with Gasteiger partial charge in [-0.25, -0.2) is 0 Å². The fraction of sp³-hybridized carbons (Fsp3) is 1.00. The van der Waals surface area contributed by atoms with Crippen molar-refractivity contribution in [2.24, 2.45) is 17.8 Å². The molecule has 0 aromatic carbocycles. The molecule has 2 nitrogen and oxygen atoms in total. The van der Waals surface area contributed by atoms with Crippen molar-refractivity contribution in [3.63, 3.8) is 0 Å². The molecule has 0 N–H and O–H groups in total. The molecule has 82 valence electrons. The summed E-state index contributed by atoms with van der Waals surface area (Å²) in [5.41, 5.74) is 0. The summed E-state index contributed by atoms with van der Waals surface area (Å²) in [4.78, 5) is 2.58. The molecule has 2 heteroatoms. The van der Waals surface area contributed by atoms with Crippen LogP contribution in [0.3, 0.4) is 0 Å². The lowest BCUT2D eigenvalue weighted by Crippen LogP contribution is -2.54. The highest BCUT2D eigenvalue weighted by molar-refractivity contribution is 4.94. The summed E-state index contributed by atoms with van der Waals surface area (Å²) in [5.74, 6) is 2.98. The van der Waals surface area contributed by atoms with Gasteiger partial charge in [0.05, 0.1) is 12.7 Å². The Hall–Kier alpha value is -0.0800. The number of rotatable bonds is 4. The van der Waals surface area contributed by atoms with Crippen molar-refractivity contribution in [1.82, 2.24) is 4.90 Å². The molecule has 2 bridgehead atoms. The van der Waals surface area contributed by atoms with Crippen molar-refractivity contribution in [2.45, 2.75) is 33.3 Å². The fourth-order valence-corrected chi connectivity index (χ4v) is 2.83. The Morgan fingerprint density at radius 3 is 2.43 bits per heavy atom. The van der Waals surface area contributed by atoms with E-state index in [0.717, 1.165) is 30.9 Å². The predicted molar refractivity (Wildman–Crippen MR) is 58.3 cm³/mol. The van der Waals surface area contributed by atoms with Gasteiger partial charge < -0.3 is 9.64 Å². The summed E-state index contributed by atoms with van der Waals surface area (Å²) in [7, 11) is 0. The number of nitrogens with zero attached hydrogens (tertiary/aromatic N) is 1. The highest BCUT2D eigenvalue weighted by Crippen LogP contribution is 2.44. The van der Waals surface area contributed by atoms with Crippen molar-refractivity contribution in [3.05, 3.63) is 0 Å². The van der Waals surface area contributed by atoms with Gasteiger partial charge in [-0.2, -0.15) is 0 Å². The molecule has 3 aliphatic rings. The maximum absolute atomic E-state index is 5.58. The van der Waals surface area contributed by atoms with E-state index in [4.69, 9.17) is 4.74 Å². The van der Waals surface area contributed by atoms with E-state index >= 15 is 0 Å². The van der Waals surface area contributed by atoms with E-state index in [1.54, 1.807) is 0 Å². The van der Waals surface area contributed by atoms with Crippen LogP contribution in [0.15, 0.2) is 0 Å². The van der Waals surface area contributed by atoms with Crippen molar-refractivity contribution in [3.8, 4) is 0 Å². The molecule has 2 saturated heterocycles. The Balaban J connectivity index is 1.64. The Morgan fingerprint density at radius 1 is 1.29 bits per heavy atom. The zero-order valence-corrected chi connectivity index (χ0v) is 9.70. The molecule has 1 saturated carbocycles. The number of hydrogen-bond acceptors (Lipinski definition) is 2. The third kappa shape index (κ3) is 2.12. The van der Waals surface area contributed by atoms with Gasteiger partial charge in [-0.1, -0.05) is 6.92 Å². The third-order valence-corrected chi connectivity index (χ3v) is 3.94. The molecule has 0 aromatic heterocycles. The Labute approximate surface area is 87.6 Å². The quantitative estimate of drug-likeness (QED) is 0.683. The molecule has 3 rings (SSSR count). The van der Waals surface area contributed by atoms with Crippen molar-refractivity contribution in [1.29, 1.82) is 0 Å². The highest BCUT2D eigenvalue weighted by Gasteiger charge is 2.43. The van der Waals surface area contributed by atoms with Gasteiger partial charge in [0.1, 0.15) is 0 Å². The molecule has 0 radical (unpaired) electrons. The van der Waals surface area contributed by atoms with E-state index < -0.39 is 0 Å². The lowest BCUT2D eigenvalue weighted by Gasteiger charge is -2.52. The molecule has 1 aliphatic carbocycles. The van der Waals surface area contributed by atoms with Crippen molar-refractivity contribution < 1.29 is 4.74 Å². The maximum atomic E-state index is 5.58. The van der Waals surface area contributed by atoms with E-state index in [2.05, 4.69) is 25.7 Å². The first-order valence-corrected chi connectivity index (χ1v) is 6.00. The lowest BCUT2D eigenvalue weighted by atomic mass is 9.62. The second kappa shape index (κ2) is 4.19. The average Bonchev–Trinajstić information content (AvgIpc) is 2.17. The maximum Gasteiger partial charge on any atom is 0.0596 e. The van der Waals surface area contributed by atoms with Crippen LogP contribution >= 0.6 is 0 Å². The number of hydrogen-bond donors (Lipinski definition) is 0. The number of ether oxygens (including phenoxy) is 1. The van der Waals surface area contributed by atoms with Gasteiger partial charge in [-0.15, -0.1) is 0 Å². The van der Waals surface area contributed by atoms with Crippen LogP contribution < -0.4 is 0 Å². The lowest BCUT2D eigenvalue weighted by molar-refractivity contribution is -0.0463. The molecule has 2 unspecified atom stereocenters. The minimum absolute atomic E-state index is 0.383. The van der Waals surface area contributed by atoms with Crippen LogP contribution in [-0.4, -0.2) is 37.2 Å². The van der Waals surface area contributed by atoms with Gasteiger partial charge in [0.2, 0.25) is 0 Å². The monoisotopic (exact) mass is 197 g/mol. The Morgan fingerprint density at radius 2 is 1.93 bits per heavy atom. The van der Waals surface area contributed by atoms with E-state index in [9.17, 15) is 0 Å². The number of piperidine rings is 2. The largest absolute Gasteiger partial charge is 0.377 e. The highest BCUT2D eigenvalue weighted by atomic mass is 16.5. The normalized spacial score (nSPS) is 37.3. The molecule has 0 spiro atoms. The van der Waals surface area contributed by atoms with Crippen LogP contribution in [0.5, 0.6) is 0 Å². The van der Waals surface area contributed by atoms with E-state index in [-0.39, 0.29) is 0 Å². The fourth-order valence-electron chi connectivity index (χ4n) is 2.83. The first-order chi connectivity index (χ1) is 6.66. The van der Waals surface area contributed by atoms with Gasteiger partial charge in [-0.3, -0.25) is 0 Å².